The first-order valence-electron chi connectivity index (χ1n) is 18.5. The molecule has 2 saturated heterocycles. The lowest BCUT2D eigenvalue weighted by Crippen LogP contribution is -2.22. The van der Waals surface area contributed by atoms with Crippen LogP contribution in [0.5, 0.6) is 0 Å². The van der Waals surface area contributed by atoms with Crippen molar-refractivity contribution in [1.29, 1.82) is 5.26 Å². The number of likely N-dealkylation sites (tertiary alicyclic amines) is 2. The molecule has 9 rings (SSSR count). The molecule has 2 unspecified atom stereocenters. The third kappa shape index (κ3) is 6.60. The number of fused-ring (bicyclic) bond motifs is 3. The summed E-state index contributed by atoms with van der Waals surface area (Å²) in [5, 5.41) is 29.8. The Kier molecular flexibility index (Phi) is 9.33. The van der Waals surface area contributed by atoms with Gasteiger partial charge in [-0.25, -0.2) is 23.7 Å². The molecule has 0 radical (unpaired) electrons. The summed E-state index contributed by atoms with van der Waals surface area (Å²) >= 11 is 7.17. The number of carboxylic acid groups (broad SMARTS) is 1. The fraction of sp³-hybridized carbons (Fsp3) is 0.317. The van der Waals surface area contributed by atoms with Gasteiger partial charge in [0.1, 0.15) is 17.1 Å². The van der Waals surface area contributed by atoms with E-state index in [0.29, 0.717) is 103 Å². The smallest absolute Gasteiger partial charge is 0.307 e. The Bertz CT molecular complexity index is 2580. The maximum Gasteiger partial charge on any atom is 0.307 e. The molecule has 0 spiro atoms. The molecular weight excluding hydrogens is 742 g/mol. The van der Waals surface area contributed by atoms with Crippen molar-refractivity contribution >= 4 is 51.2 Å². The second kappa shape index (κ2) is 14.5. The zero-order valence-electron chi connectivity index (χ0n) is 30.0. The van der Waals surface area contributed by atoms with E-state index in [0.717, 1.165) is 40.0 Å². The van der Waals surface area contributed by atoms with E-state index in [2.05, 4.69) is 30.8 Å². The number of β-amino-alcohol motifs (C(OH)–C–C–N with tert-alkyl or cyclic N) is 1. The Labute approximate surface area is 324 Å². The molecule has 0 saturated carbocycles. The predicted molar refractivity (Wildman–Crippen MR) is 205 cm³/mol. The molecule has 3 aliphatic heterocycles. The van der Waals surface area contributed by atoms with Crippen molar-refractivity contribution in [2.24, 2.45) is 5.92 Å². The number of aromatic nitrogens is 4. The number of oxazole rings is 1. The first-order valence-corrected chi connectivity index (χ1v) is 18.8. The van der Waals surface area contributed by atoms with Crippen LogP contribution >= 0.6 is 11.6 Å². The largest absolute Gasteiger partial charge is 0.481 e. The number of carbonyl (C=O) groups is 1. The number of nitrogens with zero attached hydrogens (tertiary/aromatic N) is 8. The van der Waals surface area contributed by atoms with Gasteiger partial charge in [0.05, 0.1) is 33.7 Å². The molecule has 6 heterocycles. The van der Waals surface area contributed by atoms with Crippen LogP contribution in [0.4, 0.5) is 20.3 Å². The average Bonchev–Trinajstić information content (AvgIpc) is 4.01. The van der Waals surface area contributed by atoms with E-state index in [4.69, 9.17) is 21.0 Å². The van der Waals surface area contributed by atoms with Gasteiger partial charge in [-0.05, 0) is 78.4 Å². The summed E-state index contributed by atoms with van der Waals surface area (Å²) in [5.41, 5.74) is 7.42. The van der Waals surface area contributed by atoms with Gasteiger partial charge in [-0.2, -0.15) is 5.26 Å². The normalized spacial score (nSPS) is 18.8. The van der Waals surface area contributed by atoms with Crippen molar-refractivity contribution in [1.82, 2.24) is 29.7 Å². The van der Waals surface area contributed by atoms with Crippen LogP contribution in [0, 0.1) is 17.2 Å². The van der Waals surface area contributed by atoms with Crippen LogP contribution in [-0.2, 0) is 24.3 Å². The number of anilines is 2. The van der Waals surface area contributed by atoms with Crippen LogP contribution in [0.3, 0.4) is 0 Å². The third-order valence-corrected chi connectivity index (χ3v) is 11.3. The molecule has 0 aliphatic carbocycles. The van der Waals surface area contributed by atoms with Crippen LogP contribution < -0.4 is 4.90 Å². The number of aliphatic carboxylic acids is 1. The Hall–Kier alpha value is -5.59. The molecule has 0 bridgehead atoms. The van der Waals surface area contributed by atoms with Crippen LogP contribution in [-0.4, -0.2) is 84.7 Å². The number of aliphatic hydroxyl groups is 1. The maximum atomic E-state index is 14.2. The highest BCUT2D eigenvalue weighted by Gasteiger charge is 2.31. The second-order valence-corrected chi connectivity index (χ2v) is 15.0. The van der Waals surface area contributed by atoms with E-state index >= 15 is 0 Å². The number of nitriles is 1. The summed E-state index contributed by atoms with van der Waals surface area (Å²) < 4.78 is 34.6. The summed E-state index contributed by atoms with van der Waals surface area (Å²) in [5.74, 6) is -1.23. The Balaban J connectivity index is 1.04. The Morgan fingerprint density at radius 3 is 2.46 bits per heavy atom. The number of hydrogen-bond donors (Lipinski definition) is 2. The Morgan fingerprint density at radius 2 is 1.70 bits per heavy atom. The topological polar surface area (TPSA) is 156 Å². The second-order valence-electron chi connectivity index (χ2n) is 14.6. The van der Waals surface area contributed by atoms with Crippen molar-refractivity contribution in [3.8, 4) is 28.7 Å². The highest BCUT2D eigenvalue weighted by Crippen LogP contribution is 2.45. The number of alkyl halides is 2. The number of rotatable bonds is 9. The number of halogens is 3. The fourth-order valence-corrected chi connectivity index (χ4v) is 8.59. The number of hydrogen-bond acceptors (Lipinski definition) is 11. The lowest BCUT2D eigenvalue weighted by Gasteiger charge is -2.21. The SMILES string of the molecule is N#Cc1cc(CN2CCC(C(=O)O)C2)cc2nc(-c3cccc(-c4cccc5c4CCN5c4nc(C(F)F)nc5cc(CN6CCC(O)C6)cnc45)c3Cl)oc12. The van der Waals surface area contributed by atoms with Gasteiger partial charge in [0.2, 0.25) is 5.89 Å². The van der Waals surface area contributed by atoms with E-state index in [1.54, 1.807) is 24.4 Å². The summed E-state index contributed by atoms with van der Waals surface area (Å²) in [7, 11) is 0. The summed E-state index contributed by atoms with van der Waals surface area (Å²) in [6.45, 7) is 3.86. The van der Waals surface area contributed by atoms with Gasteiger partial charge in [-0.3, -0.25) is 19.6 Å². The van der Waals surface area contributed by atoms with Crippen LogP contribution in [0.1, 0.15) is 47.3 Å². The van der Waals surface area contributed by atoms with Crippen LogP contribution in [0.25, 0.3) is 44.7 Å². The van der Waals surface area contributed by atoms with Crippen molar-refractivity contribution in [3.05, 3.63) is 93.9 Å². The lowest BCUT2D eigenvalue weighted by molar-refractivity contribution is -0.141. The monoisotopic (exact) mass is 776 g/mol. The first kappa shape index (κ1) is 36.1. The zero-order chi connectivity index (χ0) is 38.7. The van der Waals surface area contributed by atoms with Crippen molar-refractivity contribution in [2.75, 3.05) is 37.6 Å². The molecule has 3 aliphatic rings. The van der Waals surface area contributed by atoms with Crippen LogP contribution in [0.15, 0.2) is 65.2 Å². The van der Waals surface area contributed by atoms with Gasteiger partial charge in [0.15, 0.2) is 17.2 Å². The van der Waals surface area contributed by atoms with Gasteiger partial charge in [-0.1, -0.05) is 35.9 Å². The molecule has 0 amide bonds. The highest BCUT2D eigenvalue weighted by molar-refractivity contribution is 6.36. The molecule has 15 heteroatoms. The molecule has 284 valence electrons. The molecule has 2 N–H and O–H groups in total. The Morgan fingerprint density at radius 1 is 0.946 bits per heavy atom. The van der Waals surface area contributed by atoms with Crippen molar-refractivity contribution < 1.29 is 28.2 Å². The van der Waals surface area contributed by atoms with Gasteiger partial charge >= 0.3 is 5.97 Å². The summed E-state index contributed by atoms with van der Waals surface area (Å²) in [6, 6.07) is 19.0. The maximum absolute atomic E-state index is 14.2. The lowest BCUT2D eigenvalue weighted by atomic mass is 9.96. The van der Waals surface area contributed by atoms with E-state index in [9.17, 15) is 29.1 Å². The zero-order valence-corrected chi connectivity index (χ0v) is 30.8. The number of pyridine rings is 1. The van der Waals surface area contributed by atoms with E-state index in [1.165, 1.54) is 0 Å². The molecule has 2 fully saturated rings. The predicted octanol–water partition coefficient (Wildman–Crippen LogP) is 7.13. The van der Waals surface area contributed by atoms with Crippen molar-refractivity contribution in [2.45, 2.75) is 44.9 Å². The highest BCUT2D eigenvalue weighted by atomic mass is 35.5. The van der Waals surface area contributed by atoms with E-state index < -0.39 is 24.1 Å². The van der Waals surface area contributed by atoms with Gasteiger partial charge in [0.25, 0.3) is 6.43 Å². The number of benzene rings is 3. The summed E-state index contributed by atoms with van der Waals surface area (Å²) in [6.07, 6.45) is 0.308. The molecule has 3 aromatic carbocycles. The number of carboxylic acids is 1. The molecule has 3 aromatic heterocycles. The minimum Gasteiger partial charge on any atom is -0.481 e. The third-order valence-electron chi connectivity index (χ3n) is 10.9. The van der Waals surface area contributed by atoms with Gasteiger partial charge < -0.3 is 19.5 Å². The van der Waals surface area contributed by atoms with E-state index in [-0.39, 0.29) is 12.0 Å². The van der Waals surface area contributed by atoms with Crippen molar-refractivity contribution in [3.63, 3.8) is 0 Å². The minimum absolute atomic E-state index is 0.250. The van der Waals surface area contributed by atoms with Gasteiger partial charge in [0, 0.05) is 56.7 Å². The molecule has 2 atom stereocenters. The molecule has 12 nitrogen and oxygen atoms in total. The van der Waals surface area contributed by atoms with Gasteiger partial charge in [-0.15, -0.1) is 0 Å². The first-order chi connectivity index (χ1) is 27.1. The fourth-order valence-electron chi connectivity index (χ4n) is 8.28. The molecule has 6 aromatic rings. The molecular formula is C41H35ClF2N8O4. The minimum atomic E-state index is -2.88. The summed E-state index contributed by atoms with van der Waals surface area (Å²) in [4.78, 5) is 35.5. The number of aliphatic hydroxyl groups excluding tert-OH is 1. The quantitative estimate of drug-likeness (QED) is 0.153. The molecule has 56 heavy (non-hydrogen) atoms. The van der Waals surface area contributed by atoms with E-state index in [1.807, 2.05) is 41.3 Å². The average molecular weight is 777 g/mol. The standard InChI is InChI=1S/C41H35ClF2N8O4/c42-34-29(4-1-5-30(34)40-48-32-14-22(13-25(16-45)36(32)56-40)18-50-10-7-24(20-50)41(54)55)27-3-2-6-33-28(27)9-12-52(33)39-35-31(47-38(49-39)37(43)44)15-23(17-46-35)19-51-11-8-26(53)21-51/h1-6,13-15,17,24,26,37,53H,7-12,18-21H2,(H,54,55). The van der Waals surface area contributed by atoms with Crippen LogP contribution in [0.2, 0.25) is 5.02 Å².